The van der Waals surface area contributed by atoms with E-state index in [4.69, 9.17) is 4.74 Å². The van der Waals surface area contributed by atoms with E-state index in [9.17, 15) is 27.2 Å². The first kappa shape index (κ1) is 23.3. The highest BCUT2D eigenvalue weighted by atomic mass is 19.4. The number of ether oxygens (including phenoxy) is 1. The van der Waals surface area contributed by atoms with E-state index in [1.807, 2.05) is 0 Å². The van der Waals surface area contributed by atoms with Crippen molar-refractivity contribution in [3.8, 4) is 11.4 Å². The largest absolute Gasteiger partial charge is 0.484 e. The first-order valence-electron chi connectivity index (χ1n) is 10.5. The van der Waals surface area contributed by atoms with Crippen LogP contribution in [0.2, 0.25) is 0 Å². The molecule has 1 aliphatic heterocycles. The van der Waals surface area contributed by atoms with Gasteiger partial charge in [0.25, 0.3) is 11.8 Å². The zero-order valence-corrected chi connectivity index (χ0v) is 17.8. The normalized spacial score (nSPS) is 13.7. The summed E-state index contributed by atoms with van der Waals surface area (Å²) >= 11 is 0. The van der Waals surface area contributed by atoms with Crippen LogP contribution in [0, 0.1) is 5.82 Å². The number of nitrogens with one attached hydrogen (secondary N) is 1. The minimum Gasteiger partial charge on any atom is -0.484 e. The molecular formula is C23H20F4N4O3. The number of hydrogen-bond donors (Lipinski definition) is 1. The van der Waals surface area contributed by atoms with E-state index in [1.54, 1.807) is 11.0 Å². The average molecular weight is 476 g/mol. The third kappa shape index (κ3) is 5.03. The standard InChI is InChI=1S/C23H20F4N4O3/c24-18-8-1-2-9-19(18)31-21(23(25,26)27)17(13-28-31)22(33)29-15-6-5-7-16(12-15)34-14-20(32)30-10-3-4-11-30/h1-2,5-9,12-13H,3-4,10-11,14H2,(H,29,33). The number of anilines is 1. The molecule has 3 aromatic rings. The third-order valence-electron chi connectivity index (χ3n) is 5.28. The predicted octanol–water partition coefficient (Wildman–Crippen LogP) is 4.28. The second-order valence-electron chi connectivity index (χ2n) is 7.63. The molecule has 1 aliphatic rings. The van der Waals surface area contributed by atoms with Crippen LogP contribution >= 0.6 is 0 Å². The first-order valence-corrected chi connectivity index (χ1v) is 10.5. The van der Waals surface area contributed by atoms with Gasteiger partial charge in [-0.3, -0.25) is 9.59 Å². The van der Waals surface area contributed by atoms with Crippen molar-refractivity contribution in [3.63, 3.8) is 0 Å². The van der Waals surface area contributed by atoms with Crippen LogP contribution in [0.5, 0.6) is 5.75 Å². The Morgan fingerprint density at radius 3 is 2.50 bits per heavy atom. The molecule has 178 valence electrons. The number of benzene rings is 2. The molecule has 1 aromatic heterocycles. The smallest absolute Gasteiger partial charge is 0.434 e. The summed E-state index contributed by atoms with van der Waals surface area (Å²) in [5.74, 6) is -1.90. The lowest BCUT2D eigenvalue weighted by Gasteiger charge is -2.16. The lowest BCUT2D eigenvalue weighted by atomic mass is 10.2. The zero-order valence-electron chi connectivity index (χ0n) is 17.8. The SMILES string of the molecule is O=C(Nc1cccc(OCC(=O)N2CCCC2)c1)c1cnn(-c2ccccc2F)c1C(F)(F)F. The summed E-state index contributed by atoms with van der Waals surface area (Å²) in [7, 11) is 0. The second kappa shape index (κ2) is 9.54. The molecule has 0 saturated carbocycles. The van der Waals surface area contributed by atoms with Gasteiger partial charge in [0.1, 0.15) is 17.3 Å². The van der Waals surface area contributed by atoms with Crippen molar-refractivity contribution in [1.82, 2.24) is 14.7 Å². The molecule has 11 heteroatoms. The van der Waals surface area contributed by atoms with Crippen LogP contribution in [0.4, 0.5) is 23.2 Å². The van der Waals surface area contributed by atoms with E-state index in [-0.39, 0.29) is 24.0 Å². The minimum atomic E-state index is -4.98. The fourth-order valence-electron chi connectivity index (χ4n) is 3.66. The van der Waals surface area contributed by atoms with E-state index < -0.39 is 34.8 Å². The minimum absolute atomic E-state index is 0.155. The van der Waals surface area contributed by atoms with Gasteiger partial charge in [0.2, 0.25) is 0 Å². The number of halogens is 4. The number of rotatable bonds is 6. The fourth-order valence-corrected chi connectivity index (χ4v) is 3.66. The van der Waals surface area contributed by atoms with Gasteiger partial charge < -0.3 is 15.0 Å². The van der Waals surface area contributed by atoms with Crippen LogP contribution in [0.3, 0.4) is 0 Å². The molecule has 1 N–H and O–H groups in total. The Kier molecular flexibility index (Phi) is 6.53. The molecule has 0 radical (unpaired) electrons. The Bertz CT molecular complexity index is 1200. The number of nitrogens with zero attached hydrogens (tertiary/aromatic N) is 3. The molecule has 34 heavy (non-hydrogen) atoms. The van der Waals surface area contributed by atoms with E-state index in [0.717, 1.165) is 31.2 Å². The van der Waals surface area contributed by atoms with Gasteiger partial charge >= 0.3 is 6.18 Å². The average Bonchev–Trinajstić information content (AvgIpc) is 3.48. The highest BCUT2D eigenvalue weighted by molar-refractivity contribution is 6.05. The first-order chi connectivity index (χ1) is 16.2. The zero-order chi connectivity index (χ0) is 24.3. The Balaban J connectivity index is 1.52. The molecule has 0 unspecified atom stereocenters. The fraction of sp³-hybridized carbons (Fsp3) is 0.261. The van der Waals surface area contributed by atoms with Crippen molar-refractivity contribution >= 4 is 17.5 Å². The molecule has 0 spiro atoms. The van der Waals surface area contributed by atoms with Crippen LogP contribution < -0.4 is 10.1 Å². The molecule has 2 amide bonds. The number of carbonyl (C=O) groups excluding carboxylic acids is 2. The number of hydrogen-bond acceptors (Lipinski definition) is 4. The van der Waals surface area contributed by atoms with Gasteiger partial charge in [-0.05, 0) is 37.1 Å². The van der Waals surface area contributed by atoms with Crippen LogP contribution in [0.15, 0.2) is 54.7 Å². The Hall–Kier alpha value is -3.89. The molecule has 7 nitrogen and oxygen atoms in total. The molecule has 0 aliphatic carbocycles. The van der Waals surface area contributed by atoms with Gasteiger partial charge in [-0.15, -0.1) is 0 Å². The number of alkyl halides is 3. The highest BCUT2D eigenvalue weighted by Gasteiger charge is 2.41. The summed E-state index contributed by atoms with van der Waals surface area (Å²) in [5.41, 5.74) is -2.46. The van der Waals surface area contributed by atoms with Crippen molar-refractivity contribution in [2.75, 3.05) is 25.0 Å². The topological polar surface area (TPSA) is 76.5 Å². The molecule has 0 bridgehead atoms. The molecule has 2 aromatic carbocycles. The lowest BCUT2D eigenvalue weighted by molar-refractivity contribution is -0.143. The number of likely N-dealkylation sites (tertiary alicyclic amines) is 1. The Morgan fingerprint density at radius 2 is 1.79 bits per heavy atom. The quantitative estimate of drug-likeness (QED) is 0.539. The number of aromatic nitrogens is 2. The van der Waals surface area contributed by atoms with Gasteiger partial charge in [0.05, 0.1) is 11.8 Å². The molecule has 1 saturated heterocycles. The van der Waals surface area contributed by atoms with Gasteiger partial charge in [-0.25, -0.2) is 9.07 Å². The van der Waals surface area contributed by atoms with E-state index in [1.165, 1.54) is 30.3 Å². The van der Waals surface area contributed by atoms with Crippen LogP contribution in [-0.2, 0) is 11.0 Å². The monoisotopic (exact) mass is 476 g/mol. The number of para-hydroxylation sites is 1. The van der Waals surface area contributed by atoms with Crippen LogP contribution in [0.1, 0.15) is 28.9 Å². The van der Waals surface area contributed by atoms with Crippen molar-refractivity contribution in [2.45, 2.75) is 19.0 Å². The van der Waals surface area contributed by atoms with Crippen molar-refractivity contribution in [3.05, 3.63) is 71.8 Å². The van der Waals surface area contributed by atoms with Crippen molar-refractivity contribution < 1.29 is 31.9 Å². The third-order valence-corrected chi connectivity index (χ3v) is 5.28. The summed E-state index contributed by atoms with van der Waals surface area (Å²) in [4.78, 5) is 26.5. The number of carbonyl (C=O) groups is 2. The lowest BCUT2D eigenvalue weighted by Crippen LogP contribution is -2.32. The van der Waals surface area contributed by atoms with E-state index >= 15 is 0 Å². The summed E-state index contributed by atoms with van der Waals surface area (Å²) in [6.07, 6.45) is -2.35. The Morgan fingerprint density at radius 1 is 1.06 bits per heavy atom. The van der Waals surface area contributed by atoms with Gasteiger partial charge in [0, 0.05) is 24.8 Å². The Labute approximate surface area is 191 Å². The summed E-state index contributed by atoms with van der Waals surface area (Å²) in [5, 5.41) is 5.98. The summed E-state index contributed by atoms with van der Waals surface area (Å²) in [6.45, 7) is 1.17. The maximum absolute atomic E-state index is 14.1. The maximum Gasteiger partial charge on any atom is 0.434 e. The summed E-state index contributed by atoms with van der Waals surface area (Å²) in [6, 6.07) is 10.8. The molecule has 4 rings (SSSR count). The molecular weight excluding hydrogens is 456 g/mol. The number of amides is 2. The highest BCUT2D eigenvalue weighted by Crippen LogP contribution is 2.34. The van der Waals surface area contributed by atoms with Gasteiger partial charge in [-0.2, -0.15) is 18.3 Å². The van der Waals surface area contributed by atoms with E-state index in [0.29, 0.717) is 17.8 Å². The summed E-state index contributed by atoms with van der Waals surface area (Å²) < 4.78 is 61.4. The van der Waals surface area contributed by atoms with Gasteiger partial charge in [-0.1, -0.05) is 18.2 Å². The second-order valence-corrected chi connectivity index (χ2v) is 7.63. The maximum atomic E-state index is 14.1. The van der Waals surface area contributed by atoms with Gasteiger partial charge in [0.15, 0.2) is 12.3 Å². The molecule has 2 heterocycles. The van der Waals surface area contributed by atoms with Crippen molar-refractivity contribution in [2.24, 2.45) is 0 Å². The molecule has 1 fully saturated rings. The van der Waals surface area contributed by atoms with Crippen molar-refractivity contribution in [1.29, 1.82) is 0 Å². The van der Waals surface area contributed by atoms with Crippen LogP contribution in [-0.4, -0.2) is 46.2 Å². The molecule has 0 atom stereocenters. The van der Waals surface area contributed by atoms with Crippen LogP contribution in [0.25, 0.3) is 5.69 Å². The predicted molar refractivity (Wildman–Crippen MR) is 114 cm³/mol. The van der Waals surface area contributed by atoms with E-state index in [2.05, 4.69) is 10.4 Å².